The van der Waals surface area contributed by atoms with Crippen molar-refractivity contribution >= 4 is 11.8 Å². The molecule has 0 spiro atoms. The summed E-state index contributed by atoms with van der Waals surface area (Å²) < 4.78 is 10.7. The van der Waals surface area contributed by atoms with Gasteiger partial charge in [-0.3, -0.25) is 0 Å². The van der Waals surface area contributed by atoms with E-state index >= 15 is 0 Å². The molecule has 1 aromatic heterocycles. The molecule has 2 N–H and O–H groups in total. The Morgan fingerprint density at radius 1 is 1.53 bits per heavy atom. The van der Waals surface area contributed by atoms with Gasteiger partial charge < -0.3 is 15.0 Å². The zero-order chi connectivity index (χ0) is 12.9. The third-order valence-corrected chi connectivity index (χ3v) is 3.08. The van der Waals surface area contributed by atoms with Crippen LogP contribution in [0.15, 0.2) is 4.52 Å². The average molecular weight is 259 g/mol. The van der Waals surface area contributed by atoms with Crippen LogP contribution in [0.2, 0.25) is 0 Å². The van der Waals surface area contributed by atoms with Crippen molar-refractivity contribution in [3.05, 3.63) is 11.7 Å². The van der Waals surface area contributed by atoms with Crippen LogP contribution >= 0.6 is 11.8 Å². The molecule has 1 heterocycles. The molecule has 1 rings (SSSR count). The normalized spacial score (nSPS) is 13.9. The lowest BCUT2D eigenvalue weighted by molar-refractivity contribution is -0.0221. The Labute approximate surface area is 106 Å². The molecular formula is C11H21N3O2S. The monoisotopic (exact) mass is 259 g/mol. The van der Waals surface area contributed by atoms with Crippen LogP contribution in [-0.4, -0.2) is 28.8 Å². The number of aromatic nitrogens is 2. The summed E-state index contributed by atoms with van der Waals surface area (Å²) in [4.78, 5) is 4.32. The maximum absolute atomic E-state index is 5.96. The molecular weight excluding hydrogens is 238 g/mol. The summed E-state index contributed by atoms with van der Waals surface area (Å²) >= 11 is 1.75. The molecule has 0 aliphatic rings. The summed E-state index contributed by atoms with van der Waals surface area (Å²) in [5.74, 6) is 2.02. The lowest BCUT2D eigenvalue weighted by atomic mass is 10.1. The fourth-order valence-corrected chi connectivity index (χ4v) is 1.91. The van der Waals surface area contributed by atoms with Crippen LogP contribution in [0, 0.1) is 0 Å². The first-order valence-corrected chi connectivity index (χ1v) is 7.13. The van der Waals surface area contributed by atoms with Crippen molar-refractivity contribution in [2.24, 2.45) is 5.73 Å². The van der Waals surface area contributed by atoms with Crippen molar-refractivity contribution in [2.75, 3.05) is 18.6 Å². The van der Waals surface area contributed by atoms with Crippen LogP contribution in [0.4, 0.5) is 0 Å². The number of rotatable bonds is 7. The predicted octanol–water partition coefficient (Wildman–Crippen LogP) is 2.09. The molecule has 0 saturated carbocycles. The van der Waals surface area contributed by atoms with Gasteiger partial charge in [-0.05, 0) is 39.2 Å². The topological polar surface area (TPSA) is 74.2 Å². The van der Waals surface area contributed by atoms with E-state index in [0.717, 1.165) is 12.2 Å². The molecule has 0 aromatic carbocycles. The molecule has 0 bridgehead atoms. The first kappa shape index (κ1) is 14.5. The summed E-state index contributed by atoms with van der Waals surface area (Å²) in [6.45, 7) is 6.37. The third kappa shape index (κ3) is 3.97. The standard InChI is InChI=1S/C11H21N3O2S/c1-5-15-11(2,3)10-13-9(16-14-10)8(12)6-7-17-4/h8H,5-7,12H2,1-4H3. The molecule has 0 fully saturated rings. The Balaban J connectivity index is 2.70. The van der Waals surface area contributed by atoms with Gasteiger partial charge in [-0.2, -0.15) is 16.7 Å². The van der Waals surface area contributed by atoms with E-state index in [1.54, 1.807) is 11.8 Å². The van der Waals surface area contributed by atoms with Gasteiger partial charge in [0.2, 0.25) is 11.7 Å². The van der Waals surface area contributed by atoms with E-state index in [1.165, 1.54) is 0 Å². The lowest BCUT2D eigenvalue weighted by Crippen LogP contribution is -2.23. The minimum absolute atomic E-state index is 0.193. The van der Waals surface area contributed by atoms with Gasteiger partial charge in [-0.25, -0.2) is 0 Å². The summed E-state index contributed by atoms with van der Waals surface area (Å²) in [7, 11) is 0. The van der Waals surface area contributed by atoms with E-state index in [2.05, 4.69) is 10.1 Å². The first-order valence-electron chi connectivity index (χ1n) is 5.73. The lowest BCUT2D eigenvalue weighted by Gasteiger charge is -2.19. The highest BCUT2D eigenvalue weighted by atomic mass is 32.2. The first-order chi connectivity index (χ1) is 8.01. The quantitative estimate of drug-likeness (QED) is 0.808. The number of ether oxygens (including phenoxy) is 1. The van der Waals surface area contributed by atoms with Gasteiger partial charge in [0, 0.05) is 6.61 Å². The summed E-state index contributed by atoms with van der Waals surface area (Å²) in [5.41, 5.74) is 5.43. The Morgan fingerprint density at radius 3 is 2.82 bits per heavy atom. The third-order valence-electron chi connectivity index (χ3n) is 2.44. The number of nitrogens with zero attached hydrogens (tertiary/aromatic N) is 2. The minimum atomic E-state index is -0.532. The highest BCUT2D eigenvalue weighted by Gasteiger charge is 2.28. The molecule has 0 aliphatic heterocycles. The fraction of sp³-hybridized carbons (Fsp3) is 0.818. The van der Waals surface area contributed by atoms with Crippen molar-refractivity contribution in [2.45, 2.75) is 38.8 Å². The molecule has 17 heavy (non-hydrogen) atoms. The number of thioether (sulfide) groups is 1. The highest BCUT2D eigenvalue weighted by Crippen LogP contribution is 2.23. The molecule has 0 amide bonds. The SMILES string of the molecule is CCOC(C)(C)c1noc(C(N)CCSC)n1. The van der Waals surface area contributed by atoms with Gasteiger partial charge in [-0.1, -0.05) is 5.16 Å². The number of nitrogens with two attached hydrogens (primary N) is 1. The molecule has 98 valence electrons. The van der Waals surface area contributed by atoms with Gasteiger partial charge in [0.25, 0.3) is 0 Å². The van der Waals surface area contributed by atoms with Crippen molar-refractivity contribution in [1.29, 1.82) is 0 Å². The maximum atomic E-state index is 5.96. The van der Waals surface area contributed by atoms with Gasteiger partial charge in [0.15, 0.2) is 0 Å². The van der Waals surface area contributed by atoms with Gasteiger partial charge in [0.1, 0.15) is 5.60 Å². The number of hydrogen-bond acceptors (Lipinski definition) is 6. The summed E-state index contributed by atoms with van der Waals surface area (Å²) in [6.07, 6.45) is 2.88. The zero-order valence-corrected chi connectivity index (χ0v) is 11.7. The second-order valence-electron chi connectivity index (χ2n) is 4.29. The molecule has 0 aliphatic carbocycles. The maximum Gasteiger partial charge on any atom is 0.243 e. The van der Waals surface area contributed by atoms with E-state index in [9.17, 15) is 0 Å². The molecule has 1 unspecified atom stereocenters. The Morgan fingerprint density at radius 2 is 2.24 bits per heavy atom. The molecule has 5 nitrogen and oxygen atoms in total. The van der Waals surface area contributed by atoms with Crippen molar-refractivity contribution < 1.29 is 9.26 Å². The second-order valence-corrected chi connectivity index (χ2v) is 5.27. The van der Waals surface area contributed by atoms with E-state index in [0.29, 0.717) is 18.3 Å². The smallest absolute Gasteiger partial charge is 0.243 e. The highest BCUT2D eigenvalue weighted by molar-refractivity contribution is 7.98. The van der Waals surface area contributed by atoms with Crippen LogP contribution in [0.5, 0.6) is 0 Å². The summed E-state index contributed by atoms with van der Waals surface area (Å²) in [6, 6.07) is -0.193. The summed E-state index contributed by atoms with van der Waals surface area (Å²) in [5, 5.41) is 3.94. The van der Waals surface area contributed by atoms with E-state index < -0.39 is 5.60 Å². The predicted molar refractivity (Wildman–Crippen MR) is 68.9 cm³/mol. The van der Waals surface area contributed by atoms with E-state index in [4.69, 9.17) is 15.0 Å². The van der Waals surface area contributed by atoms with Crippen molar-refractivity contribution in [3.63, 3.8) is 0 Å². The molecule has 6 heteroatoms. The van der Waals surface area contributed by atoms with Crippen LogP contribution < -0.4 is 5.73 Å². The Hall–Kier alpha value is -0.590. The Bertz CT molecular complexity index is 341. The van der Waals surface area contributed by atoms with Crippen LogP contribution in [0.1, 0.15) is 44.9 Å². The van der Waals surface area contributed by atoms with Crippen LogP contribution in [-0.2, 0) is 10.3 Å². The molecule has 1 atom stereocenters. The molecule has 0 radical (unpaired) electrons. The van der Waals surface area contributed by atoms with Crippen molar-refractivity contribution in [1.82, 2.24) is 10.1 Å². The second kappa shape index (κ2) is 6.37. The van der Waals surface area contributed by atoms with Gasteiger partial charge >= 0.3 is 0 Å². The van der Waals surface area contributed by atoms with E-state index in [1.807, 2.05) is 27.0 Å². The van der Waals surface area contributed by atoms with Crippen LogP contribution in [0.25, 0.3) is 0 Å². The number of hydrogen-bond donors (Lipinski definition) is 1. The fourth-order valence-electron chi connectivity index (χ4n) is 1.42. The average Bonchev–Trinajstić information content (AvgIpc) is 2.75. The van der Waals surface area contributed by atoms with E-state index in [-0.39, 0.29) is 6.04 Å². The zero-order valence-electron chi connectivity index (χ0n) is 10.9. The van der Waals surface area contributed by atoms with Crippen LogP contribution in [0.3, 0.4) is 0 Å². The minimum Gasteiger partial charge on any atom is -0.368 e. The molecule has 0 saturated heterocycles. The Kier molecular flexibility index (Phi) is 5.42. The largest absolute Gasteiger partial charge is 0.368 e. The molecule has 1 aromatic rings. The van der Waals surface area contributed by atoms with Gasteiger partial charge in [0.05, 0.1) is 6.04 Å². The van der Waals surface area contributed by atoms with Crippen molar-refractivity contribution in [3.8, 4) is 0 Å². The van der Waals surface area contributed by atoms with Gasteiger partial charge in [-0.15, -0.1) is 0 Å².